The van der Waals surface area contributed by atoms with Gasteiger partial charge in [-0.3, -0.25) is 9.78 Å². The lowest BCUT2D eigenvalue weighted by Gasteiger charge is -2.09. The van der Waals surface area contributed by atoms with Crippen molar-refractivity contribution in [2.45, 2.75) is 31.6 Å². The molecule has 2 aromatic heterocycles. The molecule has 19 heteroatoms. The van der Waals surface area contributed by atoms with Crippen LogP contribution in [0, 0.1) is 0 Å². The molecule has 0 fully saturated rings. The third kappa shape index (κ3) is 12.4. The van der Waals surface area contributed by atoms with Gasteiger partial charge in [0.2, 0.25) is 0 Å². The molecule has 0 saturated heterocycles. The van der Waals surface area contributed by atoms with Gasteiger partial charge < -0.3 is 25.8 Å². The number of hydrogen-bond acceptors (Lipinski definition) is 6. The van der Waals surface area contributed by atoms with Crippen LogP contribution in [0.1, 0.15) is 27.2 Å². The van der Waals surface area contributed by atoms with Gasteiger partial charge in [-0.25, -0.2) is 14.6 Å². The number of nitrogens with one attached hydrogen (secondary N) is 1. The molecule has 0 radical (unpaired) electrons. The molecule has 0 spiro atoms. The van der Waals surface area contributed by atoms with Gasteiger partial charge in [0.1, 0.15) is 0 Å². The summed E-state index contributed by atoms with van der Waals surface area (Å²) < 4.78 is 103. The van der Waals surface area contributed by atoms with E-state index in [-0.39, 0.29) is 18.9 Å². The SMILES string of the molecule is NCc1ccc(C(=O)Nc2cn(Cc3cccc(C(F)(F)F)c3)cn2)cn1.O=C(O)C(F)(F)F.O=C(O)C(F)(F)F. The van der Waals surface area contributed by atoms with Crippen molar-refractivity contribution in [3.05, 3.63) is 77.5 Å². The summed E-state index contributed by atoms with van der Waals surface area (Å²) in [5.74, 6) is -5.62. The maximum atomic E-state index is 12.8. The van der Waals surface area contributed by atoms with Crippen LogP contribution in [0.15, 0.2) is 55.1 Å². The number of benzene rings is 1. The Morgan fingerprint density at radius 3 is 1.88 bits per heavy atom. The van der Waals surface area contributed by atoms with Gasteiger partial charge in [-0.2, -0.15) is 39.5 Å². The largest absolute Gasteiger partial charge is 0.490 e. The van der Waals surface area contributed by atoms with Crippen molar-refractivity contribution in [3.63, 3.8) is 0 Å². The molecule has 3 aromatic rings. The highest BCUT2D eigenvalue weighted by Crippen LogP contribution is 2.29. The first-order valence-corrected chi connectivity index (χ1v) is 10.5. The molecule has 0 saturated carbocycles. The fourth-order valence-electron chi connectivity index (χ4n) is 2.44. The summed E-state index contributed by atoms with van der Waals surface area (Å²) in [6, 6.07) is 8.31. The predicted octanol–water partition coefficient (Wildman–Crippen LogP) is 4.32. The van der Waals surface area contributed by atoms with E-state index >= 15 is 0 Å². The minimum absolute atomic E-state index is 0.194. The number of pyridine rings is 1. The number of halogens is 9. The Morgan fingerprint density at radius 2 is 1.44 bits per heavy atom. The average Bonchev–Trinajstić information content (AvgIpc) is 3.29. The smallest absolute Gasteiger partial charge is 0.475 e. The van der Waals surface area contributed by atoms with Crippen molar-refractivity contribution in [2.75, 3.05) is 5.32 Å². The molecule has 0 atom stereocenters. The number of rotatable bonds is 5. The standard InChI is InChI=1S/C18H16F3N5O.2C2HF3O2/c19-18(20,21)14-3-1-2-12(6-14)9-26-10-16(24-11-26)25-17(27)13-4-5-15(7-22)23-8-13;2*3-2(4,5)1(6)7/h1-6,8,10-11H,7,9,22H2,(H,25,27);2*(H,6,7). The van der Waals surface area contributed by atoms with E-state index in [2.05, 4.69) is 15.3 Å². The lowest BCUT2D eigenvalue weighted by molar-refractivity contribution is -0.193. The van der Waals surface area contributed by atoms with Gasteiger partial charge in [-0.05, 0) is 29.8 Å². The molecule has 0 unspecified atom stereocenters. The topological polar surface area (TPSA) is 160 Å². The third-order valence-corrected chi connectivity index (χ3v) is 4.28. The van der Waals surface area contributed by atoms with Crippen LogP contribution in [0.5, 0.6) is 0 Å². The normalized spacial score (nSPS) is 11.4. The molecule has 2 heterocycles. The number of amides is 1. The number of carboxylic acids is 2. The van der Waals surface area contributed by atoms with Crippen LogP contribution in [0.3, 0.4) is 0 Å². The van der Waals surface area contributed by atoms with Crippen LogP contribution in [-0.2, 0) is 28.9 Å². The molecule has 0 bridgehead atoms. The molecular formula is C22H18F9N5O5. The van der Waals surface area contributed by atoms with Crippen molar-refractivity contribution < 1.29 is 64.1 Å². The zero-order valence-electron chi connectivity index (χ0n) is 20.1. The Morgan fingerprint density at radius 1 is 0.878 bits per heavy atom. The molecule has 3 rings (SSSR count). The van der Waals surface area contributed by atoms with Gasteiger partial charge in [0, 0.05) is 25.5 Å². The van der Waals surface area contributed by atoms with E-state index in [1.807, 2.05) is 0 Å². The first-order chi connectivity index (χ1) is 18.7. The van der Waals surface area contributed by atoms with Gasteiger partial charge in [0.15, 0.2) is 5.82 Å². The highest BCUT2D eigenvalue weighted by molar-refractivity contribution is 6.03. The number of carboxylic acid groups (broad SMARTS) is 2. The molecule has 0 aliphatic carbocycles. The van der Waals surface area contributed by atoms with E-state index in [9.17, 15) is 44.3 Å². The minimum Gasteiger partial charge on any atom is -0.475 e. The summed E-state index contributed by atoms with van der Waals surface area (Å²) in [6.07, 6.45) is -10.2. The second kappa shape index (κ2) is 14.1. The Labute approximate surface area is 223 Å². The number of imidazole rings is 1. The van der Waals surface area contributed by atoms with Gasteiger partial charge >= 0.3 is 30.5 Å². The van der Waals surface area contributed by atoms with Crippen molar-refractivity contribution >= 4 is 23.7 Å². The number of carbonyl (C=O) groups excluding carboxylic acids is 1. The van der Waals surface area contributed by atoms with Crippen molar-refractivity contribution in [1.29, 1.82) is 0 Å². The molecule has 1 aromatic carbocycles. The fraction of sp³-hybridized carbons (Fsp3) is 0.227. The van der Waals surface area contributed by atoms with E-state index in [0.717, 1.165) is 12.1 Å². The average molecular weight is 603 g/mol. The van der Waals surface area contributed by atoms with Gasteiger partial charge in [-0.15, -0.1) is 0 Å². The van der Waals surface area contributed by atoms with Crippen LogP contribution in [0.25, 0.3) is 0 Å². The van der Waals surface area contributed by atoms with E-state index < -0.39 is 41.9 Å². The Bertz CT molecular complexity index is 1300. The third-order valence-electron chi connectivity index (χ3n) is 4.28. The zero-order valence-corrected chi connectivity index (χ0v) is 20.1. The first kappa shape index (κ1) is 34.3. The van der Waals surface area contributed by atoms with Crippen LogP contribution in [0.2, 0.25) is 0 Å². The van der Waals surface area contributed by atoms with Crippen LogP contribution < -0.4 is 11.1 Å². The Hall–Kier alpha value is -4.68. The maximum Gasteiger partial charge on any atom is 0.490 e. The summed E-state index contributed by atoms with van der Waals surface area (Å²) in [7, 11) is 0. The summed E-state index contributed by atoms with van der Waals surface area (Å²) >= 11 is 0. The van der Waals surface area contributed by atoms with E-state index in [1.54, 1.807) is 29.0 Å². The fourth-order valence-corrected chi connectivity index (χ4v) is 2.44. The number of nitrogens with zero attached hydrogens (tertiary/aromatic N) is 3. The van der Waals surface area contributed by atoms with Crippen molar-refractivity contribution in [2.24, 2.45) is 5.73 Å². The summed E-state index contributed by atoms with van der Waals surface area (Å²) in [4.78, 5) is 38.1. The van der Waals surface area contributed by atoms with Gasteiger partial charge in [-0.1, -0.05) is 12.1 Å². The summed E-state index contributed by atoms with van der Waals surface area (Å²) in [6.45, 7) is 0.474. The van der Waals surface area contributed by atoms with Crippen LogP contribution in [-0.4, -0.2) is 54.9 Å². The highest BCUT2D eigenvalue weighted by atomic mass is 19.4. The van der Waals surface area contributed by atoms with Crippen molar-refractivity contribution in [3.8, 4) is 0 Å². The van der Waals surface area contributed by atoms with Crippen molar-refractivity contribution in [1.82, 2.24) is 14.5 Å². The number of aliphatic carboxylic acids is 2. The summed E-state index contributed by atoms with van der Waals surface area (Å²) in [5.41, 5.74) is 6.24. The first-order valence-electron chi connectivity index (χ1n) is 10.5. The predicted molar refractivity (Wildman–Crippen MR) is 120 cm³/mol. The summed E-state index contributed by atoms with van der Waals surface area (Å²) in [5, 5.41) is 16.9. The van der Waals surface area contributed by atoms with E-state index in [4.69, 9.17) is 25.5 Å². The number of alkyl halides is 9. The molecule has 224 valence electrons. The number of aromatic nitrogens is 3. The molecule has 0 aliphatic heterocycles. The molecule has 10 nitrogen and oxygen atoms in total. The lowest BCUT2D eigenvalue weighted by Crippen LogP contribution is -2.21. The Balaban J connectivity index is 0.000000497. The maximum absolute atomic E-state index is 12.8. The highest BCUT2D eigenvalue weighted by Gasteiger charge is 2.38. The monoisotopic (exact) mass is 603 g/mol. The van der Waals surface area contributed by atoms with E-state index in [0.29, 0.717) is 16.8 Å². The quantitative estimate of drug-likeness (QED) is 0.314. The zero-order chi connectivity index (χ0) is 31.6. The lowest BCUT2D eigenvalue weighted by atomic mass is 10.1. The molecule has 1 amide bonds. The minimum atomic E-state index is -5.08. The van der Waals surface area contributed by atoms with Gasteiger partial charge in [0.25, 0.3) is 5.91 Å². The van der Waals surface area contributed by atoms with E-state index in [1.165, 1.54) is 18.6 Å². The number of anilines is 1. The number of nitrogens with two attached hydrogens (primary N) is 1. The van der Waals surface area contributed by atoms with Crippen LogP contribution >= 0.6 is 0 Å². The molecule has 0 aliphatic rings. The Kier molecular flexibility index (Phi) is 11.8. The molecule has 41 heavy (non-hydrogen) atoms. The number of hydrogen-bond donors (Lipinski definition) is 4. The number of carbonyl (C=O) groups is 3. The molecular weight excluding hydrogens is 585 g/mol. The second-order valence-corrected chi connectivity index (χ2v) is 7.43. The van der Waals surface area contributed by atoms with Gasteiger partial charge in [0.05, 0.1) is 23.1 Å². The van der Waals surface area contributed by atoms with Crippen LogP contribution in [0.4, 0.5) is 45.3 Å². The molecule has 5 N–H and O–H groups in total. The second-order valence-electron chi connectivity index (χ2n) is 7.43.